The predicted molar refractivity (Wildman–Crippen MR) is 91.0 cm³/mol. The maximum Gasteiger partial charge on any atom is 0.143 e. The van der Waals surface area contributed by atoms with Crippen molar-refractivity contribution < 1.29 is 9.47 Å². The number of hydrogen-bond acceptors (Lipinski definition) is 3. The molecule has 0 radical (unpaired) electrons. The highest BCUT2D eigenvalue weighted by molar-refractivity contribution is 14.1. The van der Waals surface area contributed by atoms with E-state index < -0.39 is 0 Å². The third-order valence-electron chi connectivity index (χ3n) is 2.87. The van der Waals surface area contributed by atoms with E-state index in [1.807, 2.05) is 6.07 Å². The summed E-state index contributed by atoms with van der Waals surface area (Å²) in [5.41, 5.74) is 2.05. The molecule has 0 aromatic heterocycles. The highest BCUT2D eigenvalue weighted by Crippen LogP contribution is 2.36. The molecule has 0 amide bonds. The van der Waals surface area contributed by atoms with Gasteiger partial charge in [0.25, 0.3) is 0 Å². The smallest absolute Gasteiger partial charge is 0.143 e. The van der Waals surface area contributed by atoms with Crippen LogP contribution in [0.1, 0.15) is 5.56 Å². The Hall–Kier alpha value is -1.14. The van der Waals surface area contributed by atoms with Crippen LogP contribution in [0.3, 0.4) is 0 Å². The molecule has 1 N–H and O–H groups in total. The molecule has 0 heterocycles. The van der Waals surface area contributed by atoms with E-state index in [9.17, 15) is 0 Å². The van der Waals surface area contributed by atoms with Gasteiger partial charge < -0.3 is 14.8 Å². The molecule has 2 rings (SSSR count). The van der Waals surface area contributed by atoms with Gasteiger partial charge in [0, 0.05) is 22.2 Å². The fourth-order valence-corrected chi connectivity index (χ4v) is 2.39. The van der Waals surface area contributed by atoms with Crippen molar-refractivity contribution in [2.45, 2.75) is 6.54 Å². The van der Waals surface area contributed by atoms with E-state index in [0.717, 1.165) is 5.69 Å². The van der Waals surface area contributed by atoms with E-state index in [1.165, 1.54) is 9.13 Å². The SMILES string of the molecule is COc1cc(NCc2ccc(I)cc2)c(OC)cc1Cl. The molecule has 0 aliphatic rings. The van der Waals surface area contributed by atoms with E-state index in [4.69, 9.17) is 21.1 Å². The number of halogens is 2. The lowest BCUT2D eigenvalue weighted by molar-refractivity contribution is 0.404. The summed E-state index contributed by atoms with van der Waals surface area (Å²) in [5.74, 6) is 1.32. The van der Waals surface area contributed by atoms with Crippen LogP contribution in [0.2, 0.25) is 5.02 Å². The average Bonchev–Trinajstić information content (AvgIpc) is 2.47. The van der Waals surface area contributed by atoms with Crippen molar-refractivity contribution >= 4 is 39.9 Å². The van der Waals surface area contributed by atoms with Crippen LogP contribution in [0.5, 0.6) is 11.5 Å². The van der Waals surface area contributed by atoms with Crippen LogP contribution >= 0.6 is 34.2 Å². The van der Waals surface area contributed by atoms with Crippen LogP contribution in [0.4, 0.5) is 5.69 Å². The molecule has 0 unspecified atom stereocenters. The summed E-state index contributed by atoms with van der Waals surface area (Å²) in [6.45, 7) is 0.706. The molecule has 0 aliphatic carbocycles. The monoisotopic (exact) mass is 403 g/mol. The molecular weight excluding hydrogens is 389 g/mol. The first kappa shape index (κ1) is 15.3. The second-order valence-corrected chi connectivity index (χ2v) is 5.82. The van der Waals surface area contributed by atoms with E-state index in [-0.39, 0.29) is 0 Å². The zero-order valence-corrected chi connectivity index (χ0v) is 14.2. The first-order chi connectivity index (χ1) is 9.63. The molecule has 3 nitrogen and oxygen atoms in total. The van der Waals surface area contributed by atoms with Crippen molar-refractivity contribution in [3.63, 3.8) is 0 Å². The lowest BCUT2D eigenvalue weighted by Gasteiger charge is -2.14. The summed E-state index contributed by atoms with van der Waals surface area (Å²) in [4.78, 5) is 0. The number of rotatable bonds is 5. The minimum absolute atomic E-state index is 0.532. The fraction of sp³-hybridized carbons (Fsp3) is 0.200. The molecular formula is C15H15ClINO2. The quantitative estimate of drug-likeness (QED) is 0.742. The van der Waals surface area contributed by atoms with E-state index in [1.54, 1.807) is 20.3 Å². The summed E-state index contributed by atoms with van der Waals surface area (Å²) in [7, 11) is 3.21. The number of anilines is 1. The lowest BCUT2D eigenvalue weighted by Crippen LogP contribution is -2.02. The summed E-state index contributed by atoms with van der Waals surface area (Å²) in [5, 5.41) is 3.87. The maximum absolute atomic E-state index is 6.08. The van der Waals surface area contributed by atoms with Crippen molar-refractivity contribution in [1.82, 2.24) is 0 Å². The van der Waals surface area contributed by atoms with Gasteiger partial charge in [-0.3, -0.25) is 0 Å². The Balaban J connectivity index is 2.17. The van der Waals surface area contributed by atoms with Crippen molar-refractivity contribution in [2.24, 2.45) is 0 Å². The number of methoxy groups -OCH3 is 2. The van der Waals surface area contributed by atoms with E-state index >= 15 is 0 Å². The first-order valence-corrected chi connectivity index (χ1v) is 7.49. The van der Waals surface area contributed by atoms with Gasteiger partial charge in [0.2, 0.25) is 0 Å². The molecule has 0 bridgehead atoms. The molecule has 0 aliphatic heterocycles. The average molecular weight is 404 g/mol. The predicted octanol–water partition coefficient (Wildman–Crippen LogP) is 4.57. The van der Waals surface area contributed by atoms with Crippen LogP contribution in [0.25, 0.3) is 0 Å². The van der Waals surface area contributed by atoms with Crippen LogP contribution in [0.15, 0.2) is 36.4 Å². The van der Waals surface area contributed by atoms with Gasteiger partial charge in [-0.1, -0.05) is 23.7 Å². The van der Waals surface area contributed by atoms with Gasteiger partial charge >= 0.3 is 0 Å². The number of hydrogen-bond donors (Lipinski definition) is 1. The molecule has 0 atom stereocenters. The molecule has 20 heavy (non-hydrogen) atoms. The van der Waals surface area contributed by atoms with Gasteiger partial charge in [-0.05, 0) is 40.3 Å². The second kappa shape index (κ2) is 7.04. The lowest BCUT2D eigenvalue weighted by atomic mass is 10.2. The maximum atomic E-state index is 6.08. The van der Waals surface area contributed by atoms with E-state index in [0.29, 0.717) is 23.1 Å². The van der Waals surface area contributed by atoms with Gasteiger partial charge in [-0.2, -0.15) is 0 Å². The Labute approximate surface area is 137 Å². The summed E-state index contributed by atoms with van der Waals surface area (Å²) >= 11 is 8.37. The minimum Gasteiger partial charge on any atom is -0.495 e. The summed E-state index contributed by atoms with van der Waals surface area (Å²) in [6, 6.07) is 11.9. The molecule has 5 heteroatoms. The standard InChI is InChI=1S/C15H15ClINO2/c1-19-14-8-13(15(20-2)7-12(14)16)18-9-10-3-5-11(17)6-4-10/h3-8,18H,9H2,1-2H3. The molecule has 2 aromatic rings. The van der Waals surface area contributed by atoms with Gasteiger partial charge in [0.05, 0.1) is 24.9 Å². The first-order valence-electron chi connectivity index (χ1n) is 6.04. The Morgan fingerprint density at radius 2 is 1.70 bits per heavy atom. The van der Waals surface area contributed by atoms with Gasteiger partial charge in [0.1, 0.15) is 11.5 Å². The van der Waals surface area contributed by atoms with Crippen molar-refractivity contribution in [3.05, 3.63) is 50.6 Å². The highest BCUT2D eigenvalue weighted by Gasteiger charge is 2.09. The zero-order valence-electron chi connectivity index (χ0n) is 11.2. The third kappa shape index (κ3) is 3.70. The van der Waals surface area contributed by atoms with Crippen molar-refractivity contribution in [2.75, 3.05) is 19.5 Å². The summed E-state index contributed by atoms with van der Waals surface area (Å²) < 4.78 is 11.8. The Bertz CT molecular complexity index is 587. The van der Waals surface area contributed by atoms with Gasteiger partial charge in [-0.15, -0.1) is 0 Å². The van der Waals surface area contributed by atoms with Crippen molar-refractivity contribution in [3.8, 4) is 11.5 Å². The summed E-state index contributed by atoms with van der Waals surface area (Å²) in [6.07, 6.45) is 0. The van der Waals surface area contributed by atoms with Crippen LogP contribution in [-0.2, 0) is 6.54 Å². The van der Waals surface area contributed by atoms with Crippen molar-refractivity contribution in [1.29, 1.82) is 0 Å². The third-order valence-corrected chi connectivity index (χ3v) is 3.88. The van der Waals surface area contributed by atoms with Gasteiger partial charge in [-0.25, -0.2) is 0 Å². The topological polar surface area (TPSA) is 30.5 Å². The molecule has 0 spiro atoms. The molecule has 0 saturated carbocycles. The van der Waals surface area contributed by atoms with Crippen LogP contribution in [0, 0.1) is 3.57 Å². The number of ether oxygens (including phenoxy) is 2. The minimum atomic E-state index is 0.532. The normalized spacial score (nSPS) is 10.2. The Kier molecular flexibility index (Phi) is 5.37. The Morgan fingerprint density at radius 1 is 1.05 bits per heavy atom. The van der Waals surface area contributed by atoms with Crippen LogP contribution in [-0.4, -0.2) is 14.2 Å². The Morgan fingerprint density at radius 3 is 2.30 bits per heavy atom. The largest absolute Gasteiger partial charge is 0.495 e. The van der Waals surface area contributed by atoms with E-state index in [2.05, 4.69) is 52.2 Å². The van der Waals surface area contributed by atoms with Crippen LogP contribution < -0.4 is 14.8 Å². The number of benzene rings is 2. The van der Waals surface area contributed by atoms with Gasteiger partial charge in [0.15, 0.2) is 0 Å². The highest BCUT2D eigenvalue weighted by atomic mass is 127. The molecule has 2 aromatic carbocycles. The fourth-order valence-electron chi connectivity index (χ4n) is 1.80. The molecule has 0 fully saturated rings. The second-order valence-electron chi connectivity index (χ2n) is 4.17. The molecule has 0 saturated heterocycles. The zero-order chi connectivity index (χ0) is 14.5. The molecule has 106 valence electrons. The number of nitrogens with one attached hydrogen (secondary N) is 1.